The summed E-state index contributed by atoms with van der Waals surface area (Å²) in [5.41, 5.74) is 2.02. The summed E-state index contributed by atoms with van der Waals surface area (Å²) in [5.74, 6) is -0.685. The van der Waals surface area contributed by atoms with Gasteiger partial charge in [0.05, 0.1) is 5.69 Å². The molecule has 0 amide bonds. The maximum absolute atomic E-state index is 11.0. The summed E-state index contributed by atoms with van der Waals surface area (Å²) < 4.78 is 5.55. The zero-order valence-electron chi connectivity index (χ0n) is 10.2. The average molecular weight is 287 g/mol. The summed E-state index contributed by atoms with van der Waals surface area (Å²) in [5, 5.41) is 9.54. The summed E-state index contributed by atoms with van der Waals surface area (Å²) >= 11 is 1.30. The van der Waals surface area contributed by atoms with Crippen molar-refractivity contribution in [2.75, 3.05) is 0 Å². The predicted octanol–water partition coefficient (Wildman–Crippen LogP) is 2.61. The SMILES string of the molecule is O=C(O)c1cncnc1CSc1nc2ccccc2o1. The fourth-order valence-electron chi connectivity index (χ4n) is 1.69. The summed E-state index contributed by atoms with van der Waals surface area (Å²) in [4.78, 5) is 23.1. The Morgan fingerprint density at radius 1 is 1.35 bits per heavy atom. The molecule has 6 nitrogen and oxygen atoms in total. The van der Waals surface area contributed by atoms with E-state index in [4.69, 9.17) is 9.52 Å². The van der Waals surface area contributed by atoms with Gasteiger partial charge in [0.1, 0.15) is 17.4 Å². The molecule has 0 aliphatic carbocycles. The van der Waals surface area contributed by atoms with Crippen LogP contribution in [0.3, 0.4) is 0 Å². The highest BCUT2D eigenvalue weighted by molar-refractivity contribution is 7.98. The molecule has 1 N–H and O–H groups in total. The Kier molecular flexibility index (Phi) is 3.34. The molecule has 2 heterocycles. The van der Waals surface area contributed by atoms with Crippen LogP contribution >= 0.6 is 11.8 Å². The van der Waals surface area contributed by atoms with Gasteiger partial charge in [0, 0.05) is 11.9 Å². The Morgan fingerprint density at radius 2 is 2.20 bits per heavy atom. The number of carboxylic acid groups (broad SMARTS) is 1. The molecule has 0 saturated heterocycles. The number of oxazole rings is 1. The van der Waals surface area contributed by atoms with E-state index in [1.54, 1.807) is 0 Å². The fourth-order valence-corrected chi connectivity index (χ4v) is 2.49. The Labute approximate surface area is 117 Å². The third-order valence-corrected chi connectivity index (χ3v) is 3.47. The number of rotatable bonds is 4. The quantitative estimate of drug-likeness (QED) is 0.738. The second kappa shape index (κ2) is 5.30. The number of aromatic carboxylic acids is 1. The molecule has 2 aromatic heterocycles. The first kappa shape index (κ1) is 12.6. The maximum atomic E-state index is 11.0. The van der Waals surface area contributed by atoms with Crippen molar-refractivity contribution in [2.24, 2.45) is 0 Å². The highest BCUT2D eigenvalue weighted by atomic mass is 32.2. The number of fused-ring (bicyclic) bond motifs is 1. The Balaban J connectivity index is 1.81. The van der Waals surface area contributed by atoms with Gasteiger partial charge in [-0.1, -0.05) is 23.9 Å². The number of carboxylic acids is 1. The van der Waals surface area contributed by atoms with Gasteiger partial charge in [-0.05, 0) is 12.1 Å². The van der Waals surface area contributed by atoms with E-state index < -0.39 is 5.97 Å². The van der Waals surface area contributed by atoms with Crippen LogP contribution in [0.15, 0.2) is 46.4 Å². The van der Waals surface area contributed by atoms with E-state index >= 15 is 0 Å². The van der Waals surface area contributed by atoms with Gasteiger partial charge in [-0.25, -0.2) is 19.7 Å². The Hall–Kier alpha value is -2.41. The summed E-state index contributed by atoms with van der Waals surface area (Å²) in [6.45, 7) is 0. The van der Waals surface area contributed by atoms with Crippen LogP contribution in [0.25, 0.3) is 11.1 Å². The van der Waals surface area contributed by atoms with Crippen molar-refractivity contribution in [3.63, 3.8) is 0 Å². The average Bonchev–Trinajstić information content (AvgIpc) is 2.88. The molecule has 20 heavy (non-hydrogen) atoms. The third-order valence-electron chi connectivity index (χ3n) is 2.63. The lowest BCUT2D eigenvalue weighted by Gasteiger charge is -2.01. The normalized spacial score (nSPS) is 10.8. The smallest absolute Gasteiger partial charge is 0.339 e. The lowest BCUT2D eigenvalue weighted by molar-refractivity contribution is 0.0695. The van der Waals surface area contributed by atoms with E-state index in [0.29, 0.717) is 22.3 Å². The molecule has 7 heteroatoms. The molecule has 1 aromatic carbocycles. The van der Waals surface area contributed by atoms with Crippen molar-refractivity contribution in [3.8, 4) is 0 Å². The Morgan fingerprint density at radius 3 is 3.00 bits per heavy atom. The maximum Gasteiger partial charge on any atom is 0.339 e. The molecular formula is C13H9N3O3S. The lowest BCUT2D eigenvalue weighted by atomic mass is 10.2. The van der Waals surface area contributed by atoms with E-state index in [9.17, 15) is 4.79 Å². The fraction of sp³-hybridized carbons (Fsp3) is 0.0769. The van der Waals surface area contributed by atoms with Gasteiger partial charge in [-0.2, -0.15) is 0 Å². The van der Waals surface area contributed by atoms with Gasteiger partial charge < -0.3 is 9.52 Å². The van der Waals surface area contributed by atoms with Crippen molar-refractivity contribution >= 4 is 28.8 Å². The van der Waals surface area contributed by atoms with E-state index in [1.807, 2.05) is 24.3 Å². The predicted molar refractivity (Wildman–Crippen MR) is 72.6 cm³/mol. The molecule has 0 unspecified atom stereocenters. The minimum Gasteiger partial charge on any atom is -0.478 e. The van der Waals surface area contributed by atoms with Crippen molar-refractivity contribution < 1.29 is 14.3 Å². The molecule has 3 aromatic rings. The van der Waals surface area contributed by atoms with Crippen LogP contribution < -0.4 is 0 Å². The van der Waals surface area contributed by atoms with Crippen LogP contribution in [0.4, 0.5) is 0 Å². The van der Waals surface area contributed by atoms with Crippen LogP contribution in [-0.2, 0) is 5.75 Å². The van der Waals surface area contributed by atoms with Crippen LogP contribution in [0.5, 0.6) is 0 Å². The number of aromatic nitrogens is 3. The second-order valence-electron chi connectivity index (χ2n) is 3.92. The van der Waals surface area contributed by atoms with E-state index in [0.717, 1.165) is 5.52 Å². The van der Waals surface area contributed by atoms with Crippen molar-refractivity contribution in [1.29, 1.82) is 0 Å². The van der Waals surface area contributed by atoms with Gasteiger partial charge in [0.15, 0.2) is 5.58 Å². The molecule has 0 atom stereocenters. The van der Waals surface area contributed by atoms with Gasteiger partial charge >= 0.3 is 5.97 Å². The number of para-hydroxylation sites is 2. The molecule has 3 rings (SSSR count). The first-order valence-electron chi connectivity index (χ1n) is 5.74. The molecule has 100 valence electrons. The van der Waals surface area contributed by atoms with Gasteiger partial charge in [0.25, 0.3) is 5.22 Å². The summed E-state index contributed by atoms with van der Waals surface area (Å²) in [7, 11) is 0. The first-order chi connectivity index (χ1) is 9.74. The minimum atomic E-state index is -1.04. The number of hydrogen-bond donors (Lipinski definition) is 1. The van der Waals surface area contributed by atoms with E-state index in [-0.39, 0.29) is 5.56 Å². The monoisotopic (exact) mass is 287 g/mol. The van der Waals surface area contributed by atoms with Crippen LogP contribution in [0, 0.1) is 0 Å². The number of nitrogens with zero attached hydrogens (tertiary/aromatic N) is 3. The van der Waals surface area contributed by atoms with Crippen molar-refractivity contribution in [2.45, 2.75) is 11.0 Å². The largest absolute Gasteiger partial charge is 0.478 e. The standard InChI is InChI=1S/C13H9N3O3S/c17-12(18)8-5-14-7-15-10(8)6-20-13-16-9-3-1-2-4-11(9)19-13/h1-5,7H,6H2,(H,17,18). The molecular weight excluding hydrogens is 278 g/mol. The second-order valence-corrected chi connectivity index (χ2v) is 4.85. The molecule has 0 bridgehead atoms. The number of thioether (sulfide) groups is 1. The van der Waals surface area contributed by atoms with Gasteiger partial charge in [0.2, 0.25) is 0 Å². The molecule has 0 aliphatic heterocycles. The summed E-state index contributed by atoms with van der Waals surface area (Å²) in [6, 6.07) is 7.44. The lowest BCUT2D eigenvalue weighted by Crippen LogP contribution is -2.04. The van der Waals surface area contributed by atoms with Crippen LogP contribution in [0.2, 0.25) is 0 Å². The van der Waals surface area contributed by atoms with E-state index in [1.165, 1.54) is 24.3 Å². The zero-order valence-corrected chi connectivity index (χ0v) is 11.0. The molecule has 0 fully saturated rings. The van der Waals surface area contributed by atoms with Gasteiger partial charge in [-0.3, -0.25) is 0 Å². The van der Waals surface area contributed by atoms with Gasteiger partial charge in [-0.15, -0.1) is 0 Å². The van der Waals surface area contributed by atoms with E-state index in [2.05, 4.69) is 15.0 Å². The zero-order chi connectivity index (χ0) is 13.9. The number of hydrogen-bond acceptors (Lipinski definition) is 6. The summed E-state index contributed by atoms with van der Waals surface area (Å²) in [6.07, 6.45) is 2.62. The molecule has 0 aliphatic rings. The number of carbonyl (C=O) groups is 1. The Bertz CT molecular complexity index is 739. The highest BCUT2D eigenvalue weighted by Gasteiger charge is 2.13. The molecule has 0 spiro atoms. The third kappa shape index (κ3) is 2.48. The topological polar surface area (TPSA) is 89.1 Å². The van der Waals surface area contributed by atoms with Crippen molar-refractivity contribution in [3.05, 3.63) is 48.0 Å². The first-order valence-corrected chi connectivity index (χ1v) is 6.73. The highest BCUT2D eigenvalue weighted by Crippen LogP contribution is 2.26. The molecule has 0 radical (unpaired) electrons. The minimum absolute atomic E-state index is 0.0936. The van der Waals surface area contributed by atoms with Crippen LogP contribution in [-0.4, -0.2) is 26.0 Å². The van der Waals surface area contributed by atoms with Crippen LogP contribution in [0.1, 0.15) is 16.1 Å². The number of benzene rings is 1. The van der Waals surface area contributed by atoms with Crippen molar-refractivity contribution in [1.82, 2.24) is 15.0 Å². The molecule has 0 saturated carbocycles.